The van der Waals surface area contributed by atoms with Crippen LogP contribution in [0.3, 0.4) is 0 Å². The van der Waals surface area contributed by atoms with Crippen molar-refractivity contribution >= 4 is 23.4 Å². The Labute approximate surface area is 210 Å². The summed E-state index contributed by atoms with van der Waals surface area (Å²) < 4.78 is 0. The van der Waals surface area contributed by atoms with Crippen LogP contribution < -0.4 is 10.6 Å². The second kappa shape index (κ2) is 11.3. The van der Waals surface area contributed by atoms with Crippen LogP contribution in [0.2, 0.25) is 0 Å². The van der Waals surface area contributed by atoms with Gasteiger partial charge >= 0.3 is 0 Å². The van der Waals surface area contributed by atoms with Crippen LogP contribution in [0, 0.1) is 23.0 Å². The molecule has 3 amide bonds. The molecule has 0 aromatic heterocycles. The van der Waals surface area contributed by atoms with Crippen molar-refractivity contribution in [2.45, 2.75) is 57.5 Å². The van der Waals surface area contributed by atoms with Crippen LogP contribution in [-0.2, 0) is 4.79 Å². The van der Waals surface area contributed by atoms with Crippen molar-refractivity contribution in [3.8, 4) is 0 Å². The Balaban J connectivity index is 1.31. The predicted octanol–water partition coefficient (Wildman–Crippen LogP) is 3.61. The van der Waals surface area contributed by atoms with Gasteiger partial charge in [-0.25, -0.2) is 0 Å². The molecule has 2 N–H and O–H groups in total. The van der Waals surface area contributed by atoms with Gasteiger partial charge in [0.05, 0.1) is 4.92 Å². The van der Waals surface area contributed by atoms with Crippen molar-refractivity contribution in [1.29, 1.82) is 0 Å². The van der Waals surface area contributed by atoms with Gasteiger partial charge in [-0.3, -0.25) is 24.5 Å². The summed E-state index contributed by atoms with van der Waals surface area (Å²) in [5.74, 6) is -0.635. The number of benzene rings is 2. The fraction of sp³-hybridized carbons (Fsp3) is 0.444. The molecular weight excluding hydrogens is 460 g/mol. The molecule has 2 aromatic carbocycles. The van der Waals surface area contributed by atoms with Gasteiger partial charge in [0.25, 0.3) is 17.5 Å². The summed E-state index contributed by atoms with van der Waals surface area (Å²) in [6.45, 7) is 2.74. The van der Waals surface area contributed by atoms with Gasteiger partial charge in [-0.15, -0.1) is 0 Å². The highest BCUT2D eigenvalue weighted by atomic mass is 16.6. The van der Waals surface area contributed by atoms with Crippen molar-refractivity contribution < 1.29 is 19.3 Å². The molecule has 1 saturated carbocycles. The molecule has 9 heteroatoms. The lowest BCUT2D eigenvalue weighted by Gasteiger charge is -2.36. The van der Waals surface area contributed by atoms with Crippen molar-refractivity contribution in [2.75, 3.05) is 13.1 Å². The standard InChI is InChI=1S/C27H32N4O5/c1-18-7-2-3-10-22(18)26(33)29-24-12-5-4-11-23(24)28-25(32)19-13-15-30(16-14-19)27(34)20-8-6-9-21(17-20)31(35)36/h2-3,6-10,17,19,23-24H,4-5,11-16H2,1H3,(H,28,32)(H,29,33)/t23?,24-/m1/s1. The second-order valence-electron chi connectivity index (χ2n) is 9.67. The lowest BCUT2D eigenvalue weighted by atomic mass is 9.88. The number of hydrogen-bond acceptors (Lipinski definition) is 5. The Kier molecular flexibility index (Phi) is 7.97. The Hall–Kier alpha value is -3.75. The molecule has 0 spiro atoms. The van der Waals surface area contributed by atoms with Gasteiger partial charge in [0, 0.05) is 54.4 Å². The minimum Gasteiger partial charge on any atom is -0.351 e. The molecule has 1 aliphatic heterocycles. The zero-order valence-corrected chi connectivity index (χ0v) is 20.4. The van der Waals surface area contributed by atoms with E-state index in [9.17, 15) is 24.5 Å². The lowest BCUT2D eigenvalue weighted by molar-refractivity contribution is -0.384. The molecule has 190 valence electrons. The van der Waals surface area contributed by atoms with Crippen LogP contribution in [-0.4, -0.2) is 52.7 Å². The van der Waals surface area contributed by atoms with Gasteiger partial charge < -0.3 is 15.5 Å². The number of carbonyl (C=O) groups excluding carboxylic acids is 3. The molecule has 2 aromatic rings. The maximum absolute atomic E-state index is 13.1. The number of amides is 3. The van der Waals surface area contributed by atoms with E-state index in [4.69, 9.17) is 0 Å². The number of carbonyl (C=O) groups is 3. The van der Waals surface area contributed by atoms with Crippen LogP contribution >= 0.6 is 0 Å². The zero-order valence-electron chi connectivity index (χ0n) is 20.4. The number of nitrogens with one attached hydrogen (secondary N) is 2. The summed E-state index contributed by atoms with van der Waals surface area (Å²) in [4.78, 5) is 50.9. The predicted molar refractivity (Wildman–Crippen MR) is 135 cm³/mol. The normalized spacial score (nSPS) is 20.4. The van der Waals surface area contributed by atoms with E-state index in [1.807, 2.05) is 31.2 Å². The maximum Gasteiger partial charge on any atom is 0.270 e. The summed E-state index contributed by atoms with van der Waals surface area (Å²) in [7, 11) is 0. The molecule has 9 nitrogen and oxygen atoms in total. The SMILES string of the molecule is Cc1ccccc1C(=O)N[C@@H]1CCCCC1NC(=O)C1CCN(C(=O)c2cccc([N+](=O)[O-])c2)CC1. The van der Waals surface area contributed by atoms with Gasteiger partial charge in [-0.2, -0.15) is 0 Å². The first-order chi connectivity index (χ1) is 17.3. The number of likely N-dealkylation sites (tertiary alicyclic amines) is 1. The largest absolute Gasteiger partial charge is 0.351 e. The molecule has 4 rings (SSSR count). The summed E-state index contributed by atoms with van der Waals surface area (Å²) >= 11 is 0. The van der Waals surface area contributed by atoms with Crippen LogP contribution in [0.25, 0.3) is 0 Å². The number of rotatable bonds is 6. The Morgan fingerprint density at radius 3 is 2.25 bits per heavy atom. The first-order valence-corrected chi connectivity index (χ1v) is 12.5. The van der Waals surface area contributed by atoms with Gasteiger partial charge in [-0.05, 0) is 50.3 Å². The number of aryl methyl sites for hydroxylation is 1. The maximum atomic E-state index is 13.1. The van der Waals surface area contributed by atoms with Crippen LogP contribution in [0.1, 0.15) is 64.8 Å². The number of nitro benzene ring substituents is 1. The van der Waals surface area contributed by atoms with E-state index in [1.165, 1.54) is 18.2 Å². The minimum atomic E-state index is -0.519. The summed E-state index contributed by atoms with van der Waals surface area (Å²) in [5.41, 5.74) is 1.72. The zero-order chi connectivity index (χ0) is 25.7. The molecule has 1 aliphatic carbocycles. The molecular formula is C27H32N4O5. The highest BCUT2D eigenvalue weighted by Gasteiger charge is 2.33. The number of nitrogens with zero attached hydrogens (tertiary/aromatic N) is 2. The Morgan fingerprint density at radius 1 is 0.917 bits per heavy atom. The van der Waals surface area contributed by atoms with E-state index in [0.717, 1.165) is 31.2 Å². The van der Waals surface area contributed by atoms with E-state index in [0.29, 0.717) is 31.5 Å². The third-order valence-electron chi connectivity index (χ3n) is 7.26. The molecule has 1 heterocycles. The van der Waals surface area contributed by atoms with E-state index in [2.05, 4.69) is 10.6 Å². The van der Waals surface area contributed by atoms with Crippen LogP contribution in [0.15, 0.2) is 48.5 Å². The average molecular weight is 493 g/mol. The van der Waals surface area contributed by atoms with Crippen LogP contribution in [0.5, 0.6) is 0 Å². The smallest absolute Gasteiger partial charge is 0.270 e. The highest BCUT2D eigenvalue weighted by Crippen LogP contribution is 2.24. The van der Waals surface area contributed by atoms with Crippen molar-refractivity contribution in [3.05, 3.63) is 75.3 Å². The summed E-state index contributed by atoms with van der Waals surface area (Å²) in [6, 6.07) is 12.9. The summed E-state index contributed by atoms with van der Waals surface area (Å²) in [6.07, 6.45) is 4.69. The van der Waals surface area contributed by atoms with Crippen molar-refractivity contribution in [1.82, 2.24) is 15.5 Å². The minimum absolute atomic E-state index is 0.0421. The van der Waals surface area contributed by atoms with E-state index < -0.39 is 4.92 Å². The molecule has 2 aliphatic rings. The van der Waals surface area contributed by atoms with Gasteiger partial charge in [0.1, 0.15) is 0 Å². The number of non-ortho nitro benzene ring substituents is 1. The van der Waals surface area contributed by atoms with E-state index in [1.54, 1.807) is 11.0 Å². The van der Waals surface area contributed by atoms with E-state index in [-0.39, 0.29) is 47.0 Å². The molecule has 1 unspecified atom stereocenters. The quantitative estimate of drug-likeness (QED) is 0.471. The molecule has 2 fully saturated rings. The third-order valence-corrected chi connectivity index (χ3v) is 7.26. The fourth-order valence-electron chi connectivity index (χ4n) is 5.13. The Morgan fingerprint density at radius 2 is 1.58 bits per heavy atom. The molecule has 2 atom stereocenters. The summed E-state index contributed by atoms with van der Waals surface area (Å²) in [5, 5.41) is 17.3. The van der Waals surface area contributed by atoms with Crippen molar-refractivity contribution in [2.24, 2.45) is 5.92 Å². The lowest BCUT2D eigenvalue weighted by Crippen LogP contribution is -2.55. The van der Waals surface area contributed by atoms with E-state index >= 15 is 0 Å². The van der Waals surface area contributed by atoms with Gasteiger partial charge in [0.2, 0.25) is 5.91 Å². The monoisotopic (exact) mass is 492 g/mol. The average Bonchev–Trinajstić information content (AvgIpc) is 2.89. The molecule has 36 heavy (non-hydrogen) atoms. The van der Waals surface area contributed by atoms with Gasteiger partial charge in [-0.1, -0.05) is 37.1 Å². The fourth-order valence-corrected chi connectivity index (χ4v) is 5.13. The molecule has 0 radical (unpaired) electrons. The molecule has 1 saturated heterocycles. The van der Waals surface area contributed by atoms with Gasteiger partial charge in [0.15, 0.2) is 0 Å². The third kappa shape index (κ3) is 5.90. The van der Waals surface area contributed by atoms with Crippen molar-refractivity contribution in [3.63, 3.8) is 0 Å². The second-order valence-corrected chi connectivity index (χ2v) is 9.67. The first kappa shape index (κ1) is 25.3. The number of piperidine rings is 1. The first-order valence-electron chi connectivity index (χ1n) is 12.5. The molecule has 0 bridgehead atoms. The van der Waals surface area contributed by atoms with Crippen LogP contribution in [0.4, 0.5) is 5.69 Å². The number of nitro groups is 1. The number of hydrogen-bond donors (Lipinski definition) is 2. The Bertz CT molecular complexity index is 1140. The topological polar surface area (TPSA) is 122 Å². The highest BCUT2D eigenvalue weighted by molar-refractivity contribution is 5.96.